The molecule has 0 saturated heterocycles. The van der Waals surface area contributed by atoms with E-state index >= 15 is 0 Å². The van der Waals surface area contributed by atoms with Crippen LogP contribution in [0.1, 0.15) is 27.2 Å². The molecule has 1 atom stereocenters. The van der Waals surface area contributed by atoms with Crippen molar-refractivity contribution < 1.29 is 5.11 Å². The van der Waals surface area contributed by atoms with Gasteiger partial charge in [0.25, 0.3) is 0 Å². The lowest BCUT2D eigenvalue weighted by Gasteiger charge is -2.11. The van der Waals surface area contributed by atoms with Gasteiger partial charge in [0.15, 0.2) is 0 Å². The molecule has 1 N–H and O–H groups in total. The summed E-state index contributed by atoms with van der Waals surface area (Å²) in [7, 11) is 0. The van der Waals surface area contributed by atoms with Crippen LogP contribution < -0.4 is 0 Å². The Bertz CT molecular complexity index is 37.8. The first-order chi connectivity index (χ1) is 2.56. The zero-order chi connectivity index (χ0) is 5.21. The lowest BCUT2D eigenvalue weighted by molar-refractivity contribution is 0.0765. The van der Waals surface area contributed by atoms with Crippen molar-refractivity contribution in [3.63, 3.8) is 0 Å². The van der Waals surface area contributed by atoms with Crippen molar-refractivity contribution in [1.29, 1.82) is 0 Å². The Hall–Kier alpha value is 0.390. The van der Waals surface area contributed by atoms with Crippen LogP contribution in [0, 0.1) is 0 Å². The summed E-state index contributed by atoms with van der Waals surface area (Å²) in [5.41, 5.74) is -0.458. The second-order valence-electron chi connectivity index (χ2n) is 2.17. The van der Waals surface area contributed by atoms with Crippen molar-refractivity contribution in [3.05, 3.63) is 0 Å². The molecule has 46 valence electrons. The van der Waals surface area contributed by atoms with Gasteiger partial charge in [0.05, 0.1) is 5.60 Å². The minimum Gasteiger partial charge on any atom is -0.390 e. The molecule has 0 fully saturated rings. The molecule has 0 bridgehead atoms. The van der Waals surface area contributed by atoms with Crippen molar-refractivity contribution in [2.45, 2.75) is 32.8 Å². The van der Waals surface area contributed by atoms with Gasteiger partial charge in [-0.05, 0) is 20.3 Å². The molecule has 0 rings (SSSR count). The standard InChI is InChI=1S/C5H12O.H3P/c1-4-5(2,3)6;/h6H,4H2,1-3H3;1H3. The Kier molecular flexibility index (Phi) is 5.04. The fraction of sp³-hybridized carbons (Fsp3) is 1.00. The van der Waals surface area contributed by atoms with E-state index in [9.17, 15) is 0 Å². The van der Waals surface area contributed by atoms with E-state index in [-0.39, 0.29) is 9.90 Å². The van der Waals surface area contributed by atoms with Crippen LogP contribution >= 0.6 is 9.90 Å². The molecule has 0 aliphatic heterocycles. The molecular weight excluding hydrogens is 107 g/mol. The third-order valence-electron chi connectivity index (χ3n) is 0.865. The van der Waals surface area contributed by atoms with Crippen LogP contribution in [-0.4, -0.2) is 10.7 Å². The quantitative estimate of drug-likeness (QED) is 0.518. The molecule has 0 aliphatic carbocycles. The van der Waals surface area contributed by atoms with E-state index < -0.39 is 5.60 Å². The fourth-order valence-corrected chi connectivity index (χ4v) is 0. The van der Waals surface area contributed by atoms with Crippen LogP contribution in [0.4, 0.5) is 0 Å². The van der Waals surface area contributed by atoms with Gasteiger partial charge in [-0.1, -0.05) is 6.92 Å². The summed E-state index contributed by atoms with van der Waals surface area (Å²) in [5, 5.41) is 8.83. The highest BCUT2D eigenvalue weighted by Crippen LogP contribution is 2.03. The maximum atomic E-state index is 8.83. The van der Waals surface area contributed by atoms with Crippen LogP contribution in [0.25, 0.3) is 0 Å². The van der Waals surface area contributed by atoms with Crippen LogP contribution in [0.5, 0.6) is 0 Å². The number of hydrogen-bond acceptors (Lipinski definition) is 1. The van der Waals surface area contributed by atoms with E-state index in [1.165, 1.54) is 0 Å². The number of aliphatic hydroxyl groups is 1. The van der Waals surface area contributed by atoms with Gasteiger partial charge in [-0.15, -0.1) is 0 Å². The third kappa shape index (κ3) is 10.7. The summed E-state index contributed by atoms with van der Waals surface area (Å²) in [5.74, 6) is 0. The predicted octanol–water partition coefficient (Wildman–Crippen LogP) is 1.23. The summed E-state index contributed by atoms with van der Waals surface area (Å²) in [6, 6.07) is 0. The Labute approximate surface area is 48.7 Å². The van der Waals surface area contributed by atoms with E-state index in [1.807, 2.05) is 6.92 Å². The van der Waals surface area contributed by atoms with Crippen molar-refractivity contribution >= 4 is 9.90 Å². The smallest absolute Gasteiger partial charge is 0.0589 e. The molecule has 7 heavy (non-hydrogen) atoms. The molecule has 0 aliphatic rings. The summed E-state index contributed by atoms with van der Waals surface area (Å²) >= 11 is 0. The van der Waals surface area contributed by atoms with Gasteiger partial charge in [0.2, 0.25) is 0 Å². The zero-order valence-corrected chi connectivity index (χ0v) is 6.78. The van der Waals surface area contributed by atoms with Crippen molar-refractivity contribution in [3.8, 4) is 0 Å². The largest absolute Gasteiger partial charge is 0.390 e. The van der Waals surface area contributed by atoms with Gasteiger partial charge in [-0.2, -0.15) is 9.90 Å². The first kappa shape index (κ1) is 10.4. The van der Waals surface area contributed by atoms with Crippen molar-refractivity contribution in [2.24, 2.45) is 0 Å². The van der Waals surface area contributed by atoms with Gasteiger partial charge in [0, 0.05) is 0 Å². The SMILES string of the molecule is CCC(C)(C)O.P. The summed E-state index contributed by atoms with van der Waals surface area (Å²) < 4.78 is 0. The predicted molar refractivity (Wildman–Crippen MR) is 37.7 cm³/mol. The van der Waals surface area contributed by atoms with Crippen LogP contribution in [-0.2, 0) is 0 Å². The number of rotatable bonds is 1. The van der Waals surface area contributed by atoms with Gasteiger partial charge in [-0.3, -0.25) is 0 Å². The fourth-order valence-electron chi connectivity index (χ4n) is 0. The molecule has 1 unspecified atom stereocenters. The van der Waals surface area contributed by atoms with Crippen LogP contribution in [0.15, 0.2) is 0 Å². The topological polar surface area (TPSA) is 20.2 Å². The van der Waals surface area contributed by atoms with E-state index in [1.54, 1.807) is 13.8 Å². The normalized spacial score (nSPS) is 10.3. The lowest BCUT2D eigenvalue weighted by atomic mass is 10.1. The third-order valence-corrected chi connectivity index (χ3v) is 0.865. The summed E-state index contributed by atoms with van der Waals surface area (Å²) in [4.78, 5) is 0. The van der Waals surface area contributed by atoms with Gasteiger partial charge in [-0.25, -0.2) is 0 Å². The molecule has 0 heterocycles. The molecule has 0 radical (unpaired) electrons. The van der Waals surface area contributed by atoms with E-state index in [0.29, 0.717) is 0 Å². The van der Waals surface area contributed by atoms with Gasteiger partial charge >= 0.3 is 0 Å². The highest BCUT2D eigenvalue weighted by Gasteiger charge is 2.05. The first-order valence-corrected chi connectivity index (χ1v) is 2.28. The average molecular weight is 122 g/mol. The maximum Gasteiger partial charge on any atom is 0.0589 e. The molecule has 0 aromatic heterocycles. The van der Waals surface area contributed by atoms with Crippen LogP contribution in [0.2, 0.25) is 0 Å². The molecule has 0 aromatic carbocycles. The molecule has 0 aromatic rings. The first-order valence-electron chi connectivity index (χ1n) is 2.28. The highest BCUT2D eigenvalue weighted by molar-refractivity contribution is 6.92. The molecule has 1 nitrogen and oxygen atoms in total. The van der Waals surface area contributed by atoms with E-state index in [0.717, 1.165) is 6.42 Å². The minimum atomic E-state index is -0.458. The van der Waals surface area contributed by atoms with Crippen LogP contribution in [0.3, 0.4) is 0 Å². The Morgan fingerprint density at radius 1 is 1.43 bits per heavy atom. The summed E-state index contributed by atoms with van der Waals surface area (Å²) in [6.07, 6.45) is 0.826. The monoisotopic (exact) mass is 122 g/mol. The maximum absolute atomic E-state index is 8.83. The number of hydrogen-bond donors (Lipinski definition) is 1. The average Bonchev–Trinajstić information content (AvgIpc) is 1.35. The Morgan fingerprint density at radius 3 is 1.57 bits per heavy atom. The molecule has 2 heteroatoms. The Balaban J connectivity index is 0. The summed E-state index contributed by atoms with van der Waals surface area (Å²) in [6.45, 7) is 5.56. The lowest BCUT2D eigenvalue weighted by Crippen LogP contribution is -2.15. The van der Waals surface area contributed by atoms with Crippen molar-refractivity contribution in [2.75, 3.05) is 0 Å². The zero-order valence-electron chi connectivity index (χ0n) is 5.36. The second-order valence-corrected chi connectivity index (χ2v) is 2.17. The molecule has 0 saturated carbocycles. The Morgan fingerprint density at radius 2 is 1.57 bits per heavy atom. The minimum absolute atomic E-state index is 0. The van der Waals surface area contributed by atoms with Gasteiger partial charge in [0.1, 0.15) is 0 Å². The van der Waals surface area contributed by atoms with E-state index in [2.05, 4.69) is 0 Å². The second kappa shape index (κ2) is 3.40. The van der Waals surface area contributed by atoms with Gasteiger partial charge < -0.3 is 5.11 Å². The highest BCUT2D eigenvalue weighted by atomic mass is 31.0. The molecule has 0 spiro atoms. The molecule has 0 amide bonds. The van der Waals surface area contributed by atoms with Crippen molar-refractivity contribution in [1.82, 2.24) is 0 Å². The van der Waals surface area contributed by atoms with E-state index in [4.69, 9.17) is 5.11 Å². The molecular formula is C5H15OP.